The van der Waals surface area contributed by atoms with Gasteiger partial charge in [0.05, 0.1) is 19.8 Å². The van der Waals surface area contributed by atoms with Gasteiger partial charge in [0.25, 0.3) is 0 Å². The van der Waals surface area contributed by atoms with Gasteiger partial charge in [0.1, 0.15) is 0 Å². The highest BCUT2D eigenvalue weighted by atomic mass is 35.5. The van der Waals surface area contributed by atoms with E-state index in [4.69, 9.17) is 21.1 Å². The minimum atomic E-state index is 0.165. The third-order valence-corrected chi connectivity index (χ3v) is 2.77. The first-order valence-electron chi connectivity index (χ1n) is 6.16. The molecule has 6 nitrogen and oxygen atoms in total. The highest BCUT2D eigenvalue weighted by molar-refractivity contribution is 6.28. The van der Waals surface area contributed by atoms with Gasteiger partial charge in [-0.25, -0.2) is 0 Å². The summed E-state index contributed by atoms with van der Waals surface area (Å²) < 4.78 is 10.7. The lowest BCUT2D eigenvalue weighted by molar-refractivity contribution is 0.122. The van der Waals surface area contributed by atoms with Gasteiger partial charge in [-0.15, -0.1) is 0 Å². The minimum Gasteiger partial charge on any atom is -0.463 e. The van der Waals surface area contributed by atoms with Crippen molar-refractivity contribution >= 4 is 17.5 Å². The molecule has 2 rings (SSSR count). The molecule has 0 radical (unpaired) electrons. The van der Waals surface area contributed by atoms with E-state index in [0.717, 1.165) is 25.9 Å². The molecule has 0 aromatic carbocycles. The van der Waals surface area contributed by atoms with Crippen molar-refractivity contribution in [2.24, 2.45) is 0 Å². The number of nitrogens with zero attached hydrogens (tertiary/aromatic N) is 4. The Hall–Kier alpha value is -1.14. The highest BCUT2D eigenvalue weighted by Gasteiger charge is 2.16. The molecule has 100 valence electrons. The summed E-state index contributed by atoms with van der Waals surface area (Å²) in [5.41, 5.74) is 0. The highest BCUT2D eigenvalue weighted by Crippen LogP contribution is 2.16. The number of rotatable bonds is 5. The van der Waals surface area contributed by atoms with E-state index >= 15 is 0 Å². The maximum absolute atomic E-state index is 5.88. The van der Waals surface area contributed by atoms with E-state index in [0.29, 0.717) is 31.8 Å². The number of hydrogen-bond acceptors (Lipinski definition) is 6. The van der Waals surface area contributed by atoms with Crippen LogP contribution in [0.3, 0.4) is 0 Å². The number of morpholine rings is 1. The van der Waals surface area contributed by atoms with Gasteiger partial charge in [0.15, 0.2) is 0 Å². The number of anilines is 1. The zero-order valence-corrected chi connectivity index (χ0v) is 11.2. The fourth-order valence-corrected chi connectivity index (χ4v) is 1.75. The predicted molar refractivity (Wildman–Crippen MR) is 68.3 cm³/mol. The largest absolute Gasteiger partial charge is 0.463 e. The van der Waals surface area contributed by atoms with Gasteiger partial charge >= 0.3 is 6.01 Å². The van der Waals surface area contributed by atoms with Crippen molar-refractivity contribution in [3.05, 3.63) is 5.28 Å². The second kappa shape index (κ2) is 6.70. The Kier molecular flexibility index (Phi) is 4.95. The molecule has 1 saturated heterocycles. The lowest BCUT2D eigenvalue weighted by atomic mass is 10.4. The molecule has 0 atom stereocenters. The Morgan fingerprint density at radius 2 is 2.06 bits per heavy atom. The molecule has 7 heteroatoms. The Morgan fingerprint density at radius 3 is 2.78 bits per heavy atom. The van der Waals surface area contributed by atoms with Crippen LogP contribution >= 0.6 is 11.6 Å². The van der Waals surface area contributed by atoms with Crippen LogP contribution in [0.2, 0.25) is 5.28 Å². The van der Waals surface area contributed by atoms with Crippen molar-refractivity contribution in [1.29, 1.82) is 0 Å². The third-order valence-electron chi connectivity index (χ3n) is 2.60. The van der Waals surface area contributed by atoms with Gasteiger partial charge in [0.2, 0.25) is 11.2 Å². The van der Waals surface area contributed by atoms with Crippen LogP contribution in [0.25, 0.3) is 0 Å². The topological polar surface area (TPSA) is 60.4 Å². The number of hydrogen-bond donors (Lipinski definition) is 0. The van der Waals surface area contributed by atoms with Crippen molar-refractivity contribution in [2.75, 3.05) is 37.8 Å². The second-order valence-electron chi connectivity index (χ2n) is 3.99. The fraction of sp³-hybridized carbons (Fsp3) is 0.727. The van der Waals surface area contributed by atoms with Crippen LogP contribution in [0.15, 0.2) is 0 Å². The van der Waals surface area contributed by atoms with E-state index in [1.165, 1.54) is 0 Å². The molecule has 0 saturated carbocycles. The van der Waals surface area contributed by atoms with Gasteiger partial charge in [-0.05, 0) is 18.0 Å². The van der Waals surface area contributed by atoms with E-state index < -0.39 is 0 Å². The SMILES string of the molecule is CCCCOc1nc(Cl)nc(N2CCOCC2)n1. The van der Waals surface area contributed by atoms with Crippen LogP contribution < -0.4 is 9.64 Å². The average Bonchev–Trinajstić information content (AvgIpc) is 2.39. The summed E-state index contributed by atoms with van der Waals surface area (Å²) in [6.07, 6.45) is 2.03. The molecule has 0 aliphatic carbocycles. The van der Waals surface area contributed by atoms with E-state index in [2.05, 4.69) is 21.9 Å². The normalized spacial score (nSPS) is 15.8. The molecular weight excluding hydrogens is 256 g/mol. The van der Waals surface area contributed by atoms with Crippen molar-refractivity contribution in [3.8, 4) is 6.01 Å². The molecule has 2 heterocycles. The summed E-state index contributed by atoms with van der Waals surface area (Å²) >= 11 is 5.88. The molecule has 1 aromatic heterocycles. The van der Waals surface area contributed by atoms with Crippen LogP contribution in [-0.2, 0) is 4.74 Å². The Labute approximate surface area is 111 Å². The Bertz CT molecular complexity index is 385. The average molecular weight is 273 g/mol. The first kappa shape index (κ1) is 13.3. The summed E-state index contributed by atoms with van der Waals surface area (Å²) in [6.45, 7) is 5.57. The summed E-state index contributed by atoms with van der Waals surface area (Å²) in [7, 11) is 0. The second-order valence-corrected chi connectivity index (χ2v) is 4.33. The number of ether oxygens (including phenoxy) is 2. The van der Waals surface area contributed by atoms with Gasteiger partial charge in [0, 0.05) is 13.1 Å². The molecular formula is C11H17ClN4O2. The van der Waals surface area contributed by atoms with E-state index in [9.17, 15) is 0 Å². The summed E-state index contributed by atoms with van der Waals surface area (Å²) in [6, 6.07) is 0.296. The quantitative estimate of drug-likeness (QED) is 0.758. The molecule has 0 unspecified atom stereocenters. The lowest BCUT2D eigenvalue weighted by Gasteiger charge is -2.26. The van der Waals surface area contributed by atoms with Crippen molar-refractivity contribution in [2.45, 2.75) is 19.8 Å². The van der Waals surface area contributed by atoms with Crippen molar-refractivity contribution < 1.29 is 9.47 Å². The molecule has 0 spiro atoms. The summed E-state index contributed by atoms with van der Waals surface area (Å²) in [5, 5.41) is 0.165. The third kappa shape index (κ3) is 3.68. The molecule has 18 heavy (non-hydrogen) atoms. The lowest BCUT2D eigenvalue weighted by Crippen LogP contribution is -2.37. The first-order chi connectivity index (χ1) is 8.79. The molecule has 1 aromatic rings. The molecule has 0 N–H and O–H groups in total. The number of unbranched alkanes of at least 4 members (excludes halogenated alkanes) is 1. The van der Waals surface area contributed by atoms with Gasteiger partial charge < -0.3 is 14.4 Å². The van der Waals surface area contributed by atoms with E-state index in [1.807, 2.05) is 4.90 Å². The number of aromatic nitrogens is 3. The monoisotopic (exact) mass is 272 g/mol. The van der Waals surface area contributed by atoms with Crippen LogP contribution in [0.5, 0.6) is 6.01 Å². The summed E-state index contributed by atoms with van der Waals surface area (Å²) in [4.78, 5) is 14.4. The van der Waals surface area contributed by atoms with Gasteiger partial charge in [-0.2, -0.15) is 15.0 Å². The maximum Gasteiger partial charge on any atom is 0.322 e. The van der Waals surface area contributed by atoms with Crippen molar-refractivity contribution in [3.63, 3.8) is 0 Å². The van der Waals surface area contributed by atoms with Crippen LogP contribution in [0.1, 0.15) is 19.8 Å². The zero-order valence-electron chi connectivity index (χ0n) is 10.4. The molecule has 1 aliphatic heterocycles. The first-order valence-corrected chi connectivity index (χ1v) is 6.54. The van der Waals surface area contributed by atoms with Crippen LogP contribution in [0.4, 0.5) is 5.95 Å². The predicted octanol–water partition coefficient (Wildman–Crippen LogP) is 1.54. The van der Waals surface area contributed by atoms with Gasteiger partial charge in [-0.1, -0.05) is 13.3 Å². The van der Waals surface area contributed by atoms with E-state index in [-0.39, 0.29) is 5.28 Å². The van der Waals surface area contributed by atoms with Crippen molar-refractivity contribution in [1.82, 2.24) is 15.0 Å². The van der Waals surface area contributed by atoms with Crippen LogP contribution in [0, 0.1) is 0 Å². The van der Waals surface area contributed by atoms with E-state index in [1.54, 1.807) is 0 Å². The molecule has 0 amide bonds. The number of halogens is 1. The summed E-state index contributed by atoms with van der Waals surface area (Å²) in [5.74, 6) is 0.560. The maximum atomic E-state index is 5.88. The standard InChI is InChI=1S/C11H17ClN4O2/c1-2-3-6-18-11-14-9(12)13-10(15-11)16-4-7-17-8-5-16/h2-8H2,1H3. The minimum absolute atomic E-state index is 0.165. The molecule has 0 bridgehead atoms. The van der Waals surface area contributed by atoms with Gasteiger partial charge in [-0.3, -0.25) is 0 Å². The molecule has 1 fully saturated rings. The van der Waals surface area contributed by atoms with Crippen LogP contribution in [-0.4, -0.2) is 47.9 Å². The fourth-order valence-electron chi connectivity index (χ4n) is 1.60. The molecule has 1 aliphatic rings. The Balaban J connectivity index is 2.05. The smallest absolute Gasteiger partial charge is 0.322 e. The Morgan fingerprint density at radius 1 is 1.28 bits per heavy atom. The zero-order chi connectivity index (χ0) is 12.8.